The van der Waals surface area contributed by atoms with Crippen LogP contribution in [0, 0.1) is 5.92 Å². The zero-order valence-corrected chi connectivity index (χ0v) is 10.6. The van der Waals surface area contributed by atoms with Crippen molar-refractivity contribution >= 4 is 5.91 Å². The Bertz CT molecular complexity index is 233. The summed E-state index contributed by atoms with van der Waals surface area (Å²) in [6.07, 6.45) is 1.63. The third-order valence-corrected chi connectivity index (χ3v) is 3.39. The van der Waals surface area contributed by atoms with Gasteiger partial charge in [0.25, 0.3) is 0 Å². The molecule has 0 bridgehead atoms. The van der Waals surface area contributed by atoms with E-state index in [2.05, 4.69) is 19.2 Å². The third-order valence-electron chi connectivity index (χ3n) is 3.39. The van der Waals surface area contributed by atoms with Crippen molar-refractivity contribution in [3.63, 3.8) is 0 Å². The molecule has 1 aliphatic rings. The lowest BCUT2D eigenvalue weighted by molar-refractivity contribution is -0.123. The average molecular weight is 228 g/mol. The lowest BCUT2D eigenvalue weighted by atomic mass is 9.96. The van der Waals surface area contributed by atoms with E-state index >= 15 is 0 Å². The lowest BCUT2D eigenvalue weighted by Gasteiger charge is -2.33. The number of carbonyl (C=O) groups is 1. The molecule has 0 aliphatic carbocycles. The minimum Gasteiger partial charge on any atom is -0.392 e. The fraction of sp³-hybridized carbons (Fsp3) is 0.917. The van der Waals surface area contributed by atoms with Gasteiger partial charge < -0.3 is 10.4 Å². The van der Waals surface area contributed by atoms with Gasteiger partial charge in [-0.15, -0.1) is 0 Å². The fourth-order valence-corrected chi connectivity index (χ4v) is 1.88. The molecule has 0 radical (unpaired) electrons. The minimum absolute atomic E-state index is 0.0658. The first-order valence-electron chi connectivity index (χ1n) is 6.22. The van der Waals surface area contributed by atoms with Crippen LogP contribution >= 0.6 is 0 Å². The summed E-state index contributed by atoms with van der Waals surface area (Å²) in [4.78, 5) is 13.7. The van der Waals surface area contributed by atoms with Crippen LogP contribution in [0.2, 0.25) is 0 Å². The highest BCUT2D eigenvalue weighted by atomic mass is 16.3. The van der Waals surface area contributed by atoms with E-state index in [1.165, 1.54) is 0 Å². The third kappa shape index (κ3) is 4.10. The van der Waals surface area contributed by atoms with Crippen molar-refractivity contribution in [1.82, 2.24) is 10.2 Å². The van der Waals surface area contributed by atoms with E-state index in [0.29, 0.717) is 19.0 Å². The number of aliphatic hydroxyl groups is 1. The van der Waals surface area contributed by atoms with Crippen molar-refractivity contribution in [2.45, 2.75) is 45.8 Å². The Morgan fingerprint density at radius 2 is 2.31 bits per heavy atom. The van der Waals surface area contributed by atoms with Gasteiger partial charge in [-0.25, -0.2) is 0 Å². The van der Waals surface area contributed by atoms with Gasteiger partial charge in [-0.1, -0.05) is 13.8 Å². The maximum atomic E-state index is 11.6. The molecular formula is C12H24N2O2. The molecule has 0 saturated carbocycles. The molecule has 0 aromatic rings. The summed E-state index contributed by atoms with van der Waals surface area (Å²) in [5.74, 6) is 0.421. The van der Waals surface area contributed by atoms with Gasteiger partial charge in [0.05, 0.1) is 12.6 Å². The highest BCUT2D eigenvalue weighted by molar-refractivity contribution is 5.78. The molecule has 16 heavy (non-hydrogen) atoms. The molecule has 1 amide bonds. The number of nitrogens with one attached hydrogen (secondary N) is 1. The van der Waals surface area contributed by atoms with E-state index in [-0.39, 0.29) is 18.1 Å². The Hall–Kier alpha value is -0.610. The molecule has 1 aliphatic heterocycles. The minimum atomic E-state index is -0.287. The Morgan fingerprint density at radius 1 is 1.62 bits per heavy atom. The predicted octanol–water partition coefficient (Wildman–Crippen LogP) is 0.604. The van der Waals surface area contributed by atoms with E-state index in [0.717, 1.165) is 19.4 Å². The normalized spacial score (nSPS) is 28.8. The second-order valence-electron chi connectivity index (χ2n) is 4.95. The zero-order chi connectivity index (χ0) is 12.1. The van der Waals surface area contributed by atoms with Crippen LogP contribution in [0.15, 0.2) is 0 Å². The van der Waals surface area contributed by atoms with Crippen LogP contribution in [-0.2, 0) is 4.79 Å². The molecule has 3 atom stereocenters. The van der Waals surface area contributed by atoms with E-state index in [4.69, 9.17) is 0 Å². The highest BCUT2D eigenvalue weighted by Gasteiger charge is 2.25. The molecule has 1 saturated heterocycles. The van der Waals surface area contributed by atoms with Gasteiger partial charge in [0.15, 0.2) is 0 Å². The van der Waals surface area contributed by atoms with E-state index < -0.39 is 0 Å². The second-order valence-corrected chi connectivity index (χ2v) is 4.95. The molecule has 94 valence electrons. The maximum Gasteiger partial charge on any atom is 0.234 e. The summed E-state index contributed by atoms with van der Waals surface area (Å²) in [6.45, 7) is 8.05. The van der Waals surface area contributed by atoms with Crippen LogP contribution in [-0.4, -0.2) is 47.7 Å². The average Bonchev–Trinajstić information content (AvgIpc) is 2.23. The quantitative estimate of drug-likeness (QED) is 0.741. The number of hydrogen-bond acceptors (Lipinski definition) is 3. The van der Waals surface area contributed by atoms with Crippen LogP contribution in [0.25, 0.3) is 0 Å². The van der Waals surface area contributed by atoms with Crippen LogP contribution in [0.1, 0.15) is 33.6 Å². The topological polar surface area (TPSA) is 52.6 Å². The number of amides is 1. The summed E-state index contributed by atoms with van der Waals surface area (Å²) < 4.78 is 0. The van der Waals surface area contributed by atoms with Crippen molar-refractivity contribution in [3.05, 3.63) is 0 Å². The number of hydrogen-bond donors (Lipinski definition) is 2. The Kier molecular flexibility index (Phi) is 5.22. The van der Waals surface area contributed by atoms with E-state index in [9.17, 15) is 9.90 Å². The van der Waals surface area contributed by atoms with Crippen LogP contribution in [0.4, 0.5) is 0 Å². The molecule has 0 aromatic heterocycles. The second kappa shape index (κ2) is 6.21. The van der Waals surface area contributed by atoms with Crippen molar-refractivity contribution in [1.29, 1.82) is 0 Å². The number of likely N-dealkylation sites (tertiary alicyclic amines) is 1. The summed E-state index contributed by atoms with van der Waals surface area (Å²) in [6, 6.07) is 0.237. The molecule has 0 aromatic carbocycles. The number of β-amino-alcohol motifs (C(OH)–C–C–N with tert-alkyl or cyclic N) is 1. The molecule has 4 nitrogen and oxygen atoms in total. The first-order valence-corrected chi connectivity index (χ1v) is 6.22. The number of nitrogens with zero attached hydrogens (tertiary/aromatic N) is 1. The number of carbonyl (C=O) groups excluding carboxylic acids is 1. The number of aliphatic hydroxyl groups excluding tert-OH is 1. The highest BCUT2D eigenvalue weighted by Crippen LogP contribution is 2.16. The van der Waals surface area contributed by atoms with E-state index in [1.807, 2.05) is 11.8 Å². The Labute approximate surface area is 98.0 Å². The summed E-state index contributed by atoms with van der Waals surface area (Å²) in [7, 11) is 0. The summed E-state index contributed by atoms with van der Waals surface area (Å²) in [5.41, 5.74) is 0. The molecule has 1 fully saturated rings. The van der Waals surface area contributed by atoms with Gasteiger partial charge in [-0.2, -0.15) is 0 Å². The van der Waals surface area contributed by atoms with Gasteiger partial charge in [-0.3, -0.25) is 9.69 Å². The summed E-state index contributed by atoms with van der Waals surface area (Å²) in [5, 5.41) is 12.7. The van der Waals surface area contributed by atoms with Crippen LogP contribution in [0.5, 0.6) is 0 Å². The van der Waals surface area contributed by atoms with Crippen LogP contribution in [0.3, 0.4) is 0 Å². The van der Waals surface area contributed by atoms with Gasteiger partial charge in [-0.05, 0) is 32.2 Å². The van der Waals surface area contributed by atoms with Crippen molar-refractivity contribution < 1.29 is 9.90 Å². The Morgan fingerprint density at radius 3 is 2.88 bits per heavy atom. The van der Waals surface area contributed by atoms with Gasteiger partial charge >= 0.3 is 0 Å². The zero-order valence-electron chi connectivity index (χ0n) is 10.6. The van der Waals surface area contributed by atoms with Gasteiger partial charge in [0.1, 0.15) is 0 Å². The first-order chi connectivity index (χ1) is 7.52. The molecular weight excluding hydrogens is 204 g/mol. The van der Waals surface area contributed by atoms with Gasteiger partial charge in [0, 0.05) is 12.6 Å². The van der Waals surface area contributed by atoms with Crippen LogP contribution < -0.4 is 5.32 Å². The monoisotopic (exact) mass is 228 g/mol. The predicted molar refractivity (Wildman–Crippen MR) is 64.1 cm³/mol. The van der Waals surface area contributed by atoms with Crippen molar-refractivity contribution in [2.24, 2.45) is 5.92 Å². The Balaban J connectivity index is 2.29. The van der Waals surface area contributed by atoms with Crippen molar-refractivity contribution in [3.8, 4) is 0 Å². The first kappa shape index (κ1) is 13.5. The molecule has 1 rings (SSSR count). The smallest absolute Gasteiger partial charge is 0.234 e. The molecule has 3 unspecified atom stereocenters. The number of rotatable bonds is 4. The largest absolute Gasteiger partial charge is 0.392 e. The lowest BCUT2D eigenvalue weighted by Crippen LogP contribution is -2.48. The van der Waals surface area contributed by atoms with Crippen molar-refractivity contribution in [2.75, 3.05) is 19.6 Å². The molecule has 0 spiro atoms. The van der Waals surface area contributed by atoms with E-state index in [1.54, 1.807) is 0 Å². The molecule has 2 N–H and O–H groups in total. The molecule has 1 heterocycles. The standard InChI is InChI=1S/C12H24N2O2/c1-4-10(3)13-12(16)8-14-6-5-9(2)11(15)7-14/h9-11,15H,4-8H2,1-3H3,(H,13,16). The fourth-order valence-electron chi connectivity index (χ4n) is 1.88. The maximum absolute atomic E-state index is 11.6. The SMILES string of the molecule is CCC(C)NC(=O)CN1CCC(C)C(O)C1. The molecule has 4 heteroatoms. The number of piperidine rings is 1. The summed E-state index contributed by atoms with van der Waals surface area (Å²) >= 11 is 0. The van der Waals surface area contributed by atoms with Gasteiger partial charge in [0.2, 0.25) is 5.91 Å².